The molecule has 0 saturated heterocycles. The van der Waals surface area contributed by atoms with Crippen LogP contribution in [0.1, 0.15) is 29.8 Å². The molecular weight excluding hydrogens is 378 g/mol. The molecule has 0 atom stereocenters. The highest BCUT2D eigenvalue weighted by atomic mass is 16.5. The summed E-state index contributed by atoms with van der Waals surface area (Å²) in [6.07, 6.45) is 3.14. The second kappa shape index (κ2) is 9.00. The van der Waals surface area contributed by atoms with Crippen LogP contribution in [0.3, 0.4) is 0 Å². The van der Waals surface area contributed by atoms with E-state index in [-0.39, 0.29) is 0 Å². The van der Waals surface area contributed by atoms with Crippen LogP contribution in [0.2, 0.25) is 0 Å². The Bertz CT molecular complexity index is 1150. The van der Waals surface area contributed by atoms with E-state index in [1.807, 2.05) is 75.4 Å². The first-order valence-electron chi connectivity index (χ1n) is 9.69. The van der Waals surface area contributed by atoms with Crippen molar-refractivity contribution in [3.63, 3.8) is 0 Å². The first-order valence-corrected chi connectivity index (χ1v) is 9.69. The molecule has 0 spiro atoms. The second-order valence-corrected chi connectivity index (χ2v) is 6.36. The number of amides is 1. The zero-order chi connectivity index (χ0) is 21.7. The maximum Gasteiger partial charge on any atom is 0.250 e. The minimum absolute atomic E-state index is 0.410. The molecule has 0 aliphatic heterocycles. The number of nitrogens with one attached hydrogen (secondary N) is 1. The van der Waals surface area contributed by atoms with Gasteiger partial charge in [0.05, 0.1) is 28.7 Å². The van der Waals surface area contributed by atoms with E-state index in [2.05, 4.69) is 10.4 Å². The summed E-state index contributed by atoms with van der Waals surface area (Å²) in [5.74, 6) is 0.987. The van der Waals surface area contributed by atoms with Crippen LogP contribution in [0.4, 0.5) is 17.1 Å². The van der Waals surface area contributed by atoms with E-state index < -0.39 is 5.91 Å². The van der Waals surface area contributed by atoms with Gasteiger partial charge in [-0.2, -0.15) is 5.10 Å². The van der Waals surface area contributed by atoms with Gasteiger partial charge in [-0.05, 0) is 48.9 Å². The molecular formula is C23H25N5O2. The molecule has 0 aliphatic rings. The van der Waals surface area contributed by atoms with Gasteiger partial charge in [-0.25, -0.2) is 4.52 Å². The van der Waals surface area contributed by atoms with Gasteiger partial charge >= 0.3 is 0 Å². The van der Waals surface area contributed by atoms with Crippen molar-refractivity contribution < 1.29 is 9.53 Å². The molecule has 1 amide bonds. The number of ether oxygens (including phenoxy) is 1. The number of nitrogens with zero attached hydrogens (tertiary/aromatic N) is 2. The van der Waals surface area contributed by atoms with Crippen LogP contribution in [-0.2, 0) is 0 Å². The number of hydrogen-bond acceptors (Lipinski definition) is 5. The van der Waals surface area contributed by atoms with Gasteiger partial charge in [0.15, 0.2) is 0 Å². The number of carbonyl (C=O) groups is 1. The van der Waals surface area contributed by atoms with Crippen LogP contribution >= 0.6 is 0 Å². The molecule has 154 valence electrons. The Balaban J connectivity index is 0.00000124. The standard InChI is InChI=1S/C21H19N5O2.C2H6/c1-13-17(21(23)27)12-26-20(13)19(18(22)11-24-26)25-14-7-9-16(10-8-14)28-15-5-3-2-4-6-15;1-2/h2-12,25H,22H2,1H3,(H2,23,27);1-2H3. The Kier molecular flexibility index (Phi) is 6.22. The summed E-state index contributed by atoms with van der Waals surface area (Å²) in [6, 6.07) is 17.1. The van der Waals surface area contributed by atoms with Gasteiger partial charge < -0.3 is 21.5 Å². The van der Waals surface area contributed by atoms with Crippen molar-refractivity contribution in [1.29, 1.82) is 0 Å². The van der Waals surface area contributed by atoms with Gasteiger partial charge in [0, 0.05) is 11.9 Å². The number of aromatic nitrogens is 2. The van der Waals surface area contributed by atoms with Gasteiger partial charge in [0.1, 0.15) is 11.5 Å². The number of nitrogens with two attached hydrogens (primary N) is 2. The number of primary amides is 1. The van der Waals surface area contributed by atoms with Crippen molar-refractivity contribution >= 4 is 28.5 Å². The number of nitrogen functional groups attached to an aromatic ring is 1. The minimum atomic E-state index is -0.505. The number of rotatable bonds is 5. The third-order valence-corrected chi connectivity index (χ3v) is 4.45. The molecule has 30 heavy (non-hydrogen) atoms. The molecule has 0 aliphatic carbocycles. The van der Waals surface area contributed by atoms with Crippen LogP contribution < -0.4 is 21.5 Å². The molecule has 0 radical (unpaired) electrons. The van der Waals surface area contributed by atoms with E-state index in [0.29, 0.717) is 22.5 Å². The van der Waals surface area contributed by atoms with Crippen LogP contribution in [0, 0.1) is 6.92 Å². The van der Waals surface area contributed by atoms with Crippen LogP contribution in [0.15, 0.2) is 67.0 Å². The predicted molar refractivity (Wildman–Crippen MR) is 120 cm³/mol. The molecule has 0 bridgehead atoms. The van der Waals surface area contributed by atoms with Crippen molar-refractivity contribution in [2.75, 3.05) is 11.1 Å². The van der Waals surface area contributed by atoms with E-state index in [1.165, 1.54) is 6.20 Å². The maximum absolute atomic E-state index is 11.6. The Morgan fingerprint density at radius 1 is 1.03 bits per heavy atom. The number of fused-ring (bicyclic) bond motifs is 1. The number of carbonyl (C=O) groups excluding carboxylic acids is 1. The number of benzene rings is 2. The van der Waals surface area contributed by atoms with Gasteiger partial charge in [0.2, 0.25) is 0 Å². The van der Waals surface area contributed by atoms with E-state index >= 15 is 0 Å². The lowest BCUT2D eigenvalue weighted by Gasteiger charge is -2.13. The van der Waals surface area contributed by atoms with E-state index in [1.54, 1.807) is 10.7 Å². The van der Waals surface area contributed by atoms with Crippen molar-refractivity contribution in [2.24, 2.45) is 5.73 Å². The van der Waals surface area contributed by atoms with Gasteiger partial charge in [0.25, 0.3) is 5.91 Å². The fourth-order valence-electron chi connectivity index (χ4n) is 3.06. The van der Waals surface area contributed by atoms with Crippen molar-refractivity contribution in [1.82, 2.24) is 9.61 Å². The van der Waals surface area contributed by atoms with E-state index in [0.717, 1.165) is 22.7 Å². The lowest BCUT2D eigenvalue weighted by molar-refractivity contribution is 0.1000. The fraction of sp³-hybridized carbons (Fsp3) is 0.130. The molecule has 5 N–H and O–H groups in total. The average molecular weight is 403 g/mol. The summed E-state index contributed by atoms with van der Waals surface area (Å²) in [6.45, 7) is 5.82. The monoisotopic (exact) mass is 403 g/mol. The molecule has 7 heteroatoms. The van der Waals surface area contributed by atoms with Crippen molar-refractivity contribution in [2.45, 2.75) is 20.8 Å². The zero-order valence-electron chi connectivity index (χ0n) is 17.2. The first-order chi connectivity index (χ1) is 14.5. The SMILES string of the molecule is CC.Cc1c(C(N)=O)cn2ncc(N)c(Nc3ccc(Oc4ccccc4)cc3)c12. The molecule has 4 aromatic rings. The summed E-state index contributed by atoms with van der Waals surface area (Å²) in [5, 5.41) is 7.54. The molecule has 0 unspecified atom stereocenters. The highest BCUT2D eigenvalue weighted by molar-refractivity contribution is 6.00. The van der Waals surface area contributed by atoms with Crippen LogP contribution in [0.25, 0.3) is 5.52 Å². The quantitative estimate of drug-likeness (QED) is 0.440. The smallest absolute Gasteiger partial charge is 0.250 e. The Morgan fingerprint density at radius 2 is 1.67 bits per heavy atom. The average Bonchev–Trinajstić information content (AvgIpc) is 3.11. The Labute approximate surface area is 175 Å². The maximum atomic E-state index is 11.6. The fourth-order valence-corrected chi connectivity index (χ4v) is 3.06. The molecule has 0 fully saturated rings. The lowest BCUT2D eigenvalue weighted by atomic mass is 10.1. The zero-order valence-corrected chi connectivity index (χ0v) is 17.2. The Hall–Kier alpha value is -4.00. The van der Waals surface area contributed by atoms with Crippen LogP contribution in [-0.4, -0.2) is 15.5 Å². The normalized spacial score (nSPS) is 10.2. The third kappa shape index (κ3) is 4.20. The summed E-state index contributed by atoms with van der Waals surface area (Å²) >= 11 is 0. The molecule has 7 nitrogen and oxygen atoms in total. The summed E-state index contributed by atoms with van der Waals surface area (Å²) < 4.78 is 7.41. The van der Waals surface area contributed by atoms with Crippen molar-refractivity contribution in [3.8, 4) is 11.5 Å². The number of para-hydroxylation sites is 1. The highest BCUT2D eigenvalue weighted by Gasteiger charge is 2.17. The molecule has 0 saturated carbocycles. The van der Waals surface area contributed by atoms with Crippen molar-refractivity contribution in [3.05, 3.63) is 78.1 Å². The molecule has 2 heterocycles. The topological polar surface area (TPSA) is 108 Å². The summed E-state index contributed by atoms with van der Waals surface area (Å²) in [4.78, 5) is 11.6. The number of anilines is 3. The summed E-state index contributed by atoms with van der Waals surface area (Å²) in [5.41, 5.74) is 15.4. The minimum Gasteiger partial charge on any atom is -0.457 e. The largest absolute Gasteiger partial charge is 0.457 e. The van der Waals surface area contributed by atoms with Crippen LogP contribution in [0.5, 0.6) is 11.5 Å². The number of aryl methyl sites for hydroxylation is 1. The molecule has 2 aromatic heterocycles. The summed E-state index contributed by atoms with van der Waals surface area (Å²) in [7, 11) is 0. The van der Waals surface area contributed by atoms with E-state index in [4.69, 9.17) is 16.2 Å². The van der Waals surface area contributed by atoms with Gasteiger partial charge in [-0.15, -0.1) is 0 Å². The predicted octanol–water partition coefficient (Wildman–Crippen LogP) is 4.89. The first kappa shape index (κ1) is 20.7. The van der Waals surface area contributed by atoms with E-state index in [9.17, 15) is 4.79 Å². The molecule has 2 aromatic carbocycles. The Morgan fingerprint density at radius 3 is 2.30 bits per heavy atom. The molecule has 4 rings (SSSR count). The van der Waals surface area contributed by atoms with Gasteiger partial charge in [-0.3, -0.25) is 4.79 Å². The lowest BCUT2D eigenvalue weighted by Crippen LogP contribution is -2.10. The second-order valence-electron chi connectivity index (χ2n) is 6.36. The number of hydrogen-bond donors (Lipinski definition) is 3. The third-order valence-electron chi connectivity index (χ3n) is 4.45. The highest BCUT2D eigenvalue weighted by Crippen LogP contribution is 2.32. The van der Waals surface area contributed by atoms with Gasteiger partial charge in [-0.1, -0.05) is 32.0 Å².